The number of allylic oxidation sites excluding steroid dienone is 1. The number of esters is 1. The van der Waals surface area contributed by atoms with Gasteiger partial charge in [0.05, 0.1) is 12.7 Å². The second kappa shape index (κ2) is 7.95. The summed E-state index contributed by atoms with van der Waals surface area (Å²) in [5.74, 6) is -0.202. The summed E-state index contributed by atoms with van der Waals surface area (Å²) >= 11 is 1.33. The molecule has 0 radical (unpaired) electrons. The fraction of sp³-hybridized carbons (Fsp3) is 0.353. The van der Waals surface area contributed by atoms with Gasteiger partial charge in [-0.25, -0.2) is 9.48 Å². The SMILES string of the molecule is CCC1=C(C(=O)OC)[C@H](c2ccccc2OC(F)F)n2nc(SC)nc2N1. The first kappa shape index (κ1) is 19.2. The largest absolute Gasteiger partial charge is 0.466 e. The van der Waals surface area contributed by atoms with Crippen LogP contribution in [0, 0.1) is 0 Å². The van der Waals surface area contributed by atoms with E-state index in [-0.39, 0.29) is 11.3 Å². The number of hydrogen-bond donors (Lipinski definition) is 1. The number of fused-ring (bicyclic) bond motifs is 1. The van der Waals surface area contributed by atoms with Gasteiger partial charge in [0.25, 0.3) is 0 Å². The van der Waals surface area contributed by atoms with E-state index >= 15 is 0 Å². The van der Waals surface area contributed by atoms with E-state index in [0.29, 0.717) is 28.8 Å². The molecule has 27 heavy (non-hydrogen) atoms. The molecule has 1 N–H and O–H groups in total. The minimum absolute atomic E-state index is 0.0385. The summed E-state index contributed by atoms with van der Waals surface area (Å²) in [4.78, 5) is 16.9. The molecule has 1 atom stereocenters. The van der Waals surface area contributed by atoms with Gasteiger partial charge in [0.15, 0.2) is 0 Å². The Morgan fingerprint density at radius 3 is 2.78 bits per heavy atom. The number of halogens is 2. The number of hydrogen-bond acceptors (Lipinski definition) is 7. The van der Waals surface area contributed by atoms with Crippen molar-refractivity contribution in [1.29, 1.82) is 0 Å². The molecule has 2 heterocycles. The maximum Gasteiger partial charge on any atom is 0.387 e. The Morgan fingerprint density at radius 2 is 2.15 bits per heavy atom. The quantitative estimate of drug-likeness (QED) is 0.592. The van der Waals surface area contributed by atoms with E-state index < -0.39 is 18.6 Å². The van der Waals surface area contributed by atoms with Gasteiger partial charge in [0.2, 0.25) is 11.1 Å². The molecule has 0 aliphatic carbocycles. The number of carbonyl (C=O) groups is 1. The average Bonchev–Trinajstić information content (AvgIpc) is 3.09. The zero-order chi connectivity index (χ0) is 19.6. The zero-order valence-corrected chi connectivity index (χ0v) is 15.7. The first-order chi connectivity index (χ1) is 13.0. The first-order valence-electron chi connectivity index (χ1n) is 8.12. The lowest BCUT2D eigenvalue weighted by Gasteiger charge is -2.29. The summed E-state index contributed by atoms with van der Waals surface area (Å²) in [7, 11) is 1.27. The highest BCUT2D eigenvalue weighted by Gasteiger charge is 2.37. The fourth-order valence-electron chi connectivity index (χ4n) is 2.97. The molecular weight excluding hydrogens is 378 g/mol. The van der Waals surface area contributed by atoms with Crippen molar-refractivity contribution in [2.75, 3.05) is 18.7 Å². The van der Waals surface area contributed by atoms with E-state index in [1.807, 2.05) is 13.2 Å². The van der Waals surface area contributed by atoms with Crippen LogP contribution in [0.2, 0.25) is 0 Å². The normalized spacial score (nSPS) is 16.1. The third kappa shape index (κ3) is 3.61. The van der Waals surface area contributed by atoms with Crippen LogP contribution >= 0.6 is 11.8 Å². The lowest BCUT2D eigenvalue weighted by Crippen LogP contribution is -2.30. The molecule has 0 bridgehead atoms. The van der Waals surface area contributed by atoms with E-state index in [1.165, 1.54) is 29.6 Å². The lowest BCUT2D eigenvalue weighted by molar-refractivity contribution is -0.136. The maximum atomic E-state index is 12.9. The van der Waals surface area contributed by atoms with Crippen LogP contribution in [0.5, 0.6) is 5.75 Å². The van der Waals surface area contributed by atoms with Crippen molar-refractivity contribution >= 4 is 23.7 Å². The molecule has 0 fully saturated rings. The maximum absolute atomic E-state index is 12.9. The van der Waals surface area contributed by atoms with Gasteiger partial charge < -0.3 is 14.8 Å². The molecule has 7 nitrogen and oxygen atoms in total. The first-order valence-corrected chi connectivity index (χ1v) is 9.35. The predicted octanol–water partition coefficient (Wildman–Crippen LogP) is 3.45. The minimum Gasteiger partial charge on any atom is -0.466 e. The number of methoxy groups -OCH3 is 1. The molecule has 0 saturated carbocycles. The van der Waals surface area contributed by atoms with Gasteiger partial charge in [-0.1, -0.05) is 36.9 Å². The van der Waals surface area contributed by atoms with Crippen molar-refractivity contribution in [3.05, 3.63) is 41.1 Å². The van der Waals surface area contributed by atoms with Crippen molar-refractivity contribution in [3.63, 3.8) is 0 Å². The molecule has 1 aromatic carbocycles. The van der Waals surface area contributed by atoms with Crippen molar-refractivity contribution in [2.24, 2.45) is 0 Å². The van der Waals surface area contributed by atoms with Crippen molar-refractivity contribution in [3.8, 4) is 5.75 Å². The molecule has 1 aliphatic heterocycles. The molecular formula is C17H18F2N4O3S. The van der Waals surface area contributed by atoms with E-state index in [4.69, 9.17) is 4.74 Å². The van der Waals surface area contributed by atoms with Gasteiger partial charge in [-0.2, -0.15) is 13.8 Å². The summed E-state index contributed by atoms with van der Waals surface area (Å²) < 4.78 is 36.9. The van der Waals surface area contributed by atoms with Gasteiger partial charge in [-0.3, -0.25) is 0 Å². The number of anilines is 1. The molecule has 1 aliphatic rings. The Labute approximate surface area is 158 Å². The number of rotatable bonds is 6. The highest BCUT2D eigenvalue weighted by Crippen LogP contribution is 2.41. The smallest absolute Gasteiger partial charge is 0.387 e. The summed E-state index contributed by atoms with van der Waals surface area (Å²) in [6.07, 6.45) is 2.31. The fourth-order valence-corrected chi connectivity index (χ4v) is 3.31. The van der Waals surface area contributed by atoms with Gasteiger partial charge in [-0.05, 0) is 18.7 Å². The van der Waals surface area contributed by atoms with Crippen molar-refractivity contribution < 1.29 is 23.0 Å². The number of carbonyl (C=O) groups excluding carboxylic acids is 1. The molecule has 0 amide bonds. The van der Waals surface area contributed by atoms with Gasteiger partial charge in [0, 0.05) is 11.3 Å². The Bertz CT molecular complexity index is 885. The van der Waals surface area contributed by atoms with Crippen LogP contribution in [0.1, 0.15) is 24.9 Å². The van der Waals surface area contributed by atoms with Gasteiger partial charge in [-0.15, -0.1) is 5.10 Å². The van der Waals surface area contributed by atoms with E-state index in [2.05, 4.69) is 20.1 Å². The Kier molecular flexibility index (Phi) is 5.64. The standard InChI is InChI=1S/C17H18F2N4O3S/c1-4-10-12(14(24)25-2)13(23-16(20-10)21-17(22-23)27-3)9-7-5-6-8-11(9)26-15(18)19/h5-8,13,15H,4H2,1-3H3,(H,20,21,22)/t13-/m0/s1. The third-order valence-corrected chi connectivity index (χ3v) is 4.63. The van der Waals surface area contributed by atoms with E-state index in [9.17, 15) is 13.6 Å². The topological polar surface area (TPSA) is 78.3 Å². The van der Waals surface area contributed by atoms with Crippen LogP contribution in [-0.2, 0) is 9.53 Å². The Balaban J connectivity index is 2.24. The van der Waals surface area contributed by atoms with Crippen LogP contribution in [0.25, 0.3) is 0 Å². The van der Waals surface area contributed by atoms with Crippen LogP contribution in [0.3, 0.4) is 0 Å². The number of aromatic nitrogens is 3. The van der Waals surface area contributed by atoms with Gasteiger partial charge >= 0.3 is 12.6 Å². The lowest BCUT2D eigenvalue weighted by atomic mass is 9.94. The highest BCUT2D eigenvalue weighted by molar-refractivity contribution is 7.98. The number of nitrogens with one attached hydrogen (secondary N) is 1. The van der Waals surface area contributed by atoms with Crippen LogP contribution < -0.4 is 10.1 Å². The summed E-state index contributed by atoms with van der Waals surface area (Å²) in [5.41, 5.74) is 1.23. The second-order valence-corrected chi connectivity index (χ2v) is 6.32. The highest BCUT2D eigenvalue weighted by atomic mass is 32.2. The number of alkyl halides is 2. The predicted molar refractivity (Wildman–Crippen MR) is 96.0 cm³/mol. The molecule has 0 spiro atoms. The molecule has 3 rings (SSSR count). The third-order valence-electron chi connectivity index (χ3n) is 4.09. The molecule has 0 unspecified atom stereocenters. The Morgan fingerprint density at radius 1 is 1.41 bits per heavy atom. The van der Waals surface area contributed by atoms with E-state index in [0.717, 1.165) is 0 Å². The van der Waals surface area contributed by atoms with Crippen molar-refractivity contribution in [1.82, 2.24) is 14.8 Å². The molecule has 1 aromatic heterocycles. The van der Waals surface area contributed by atoms with E-state index in [1.54, 1.807) is 18.2 Å². The van der Waals surface area contributed by atoms with Crippen LogP contribution in [0.4, 0.5) is 14.7 Å². The molecule has 2 aromatic rings. The monoisotopic (exact) mass is 396 g/mol. The van der Waals surface area contributed by atoms with Gasteiger partial charge in [0.1, 0.15) is 11.8 Å². The summed E-state index contributed by atoms with van der Waals surface area (Å²) in [6, 6.07) is 5.50. The second-order valence-electron chi connectivity index (χ2n) is 5.55. The van der Waals surface area contributed by atoms with Crippen molar-refractivity contribution in [2.45, 2.75) is 31.2 Å². The van der Waals surface area contributed by atoms with Crippen LogP contribution in [-0.4, -0.2) is 40.7 Å². The number of para-hydroxylation sites is 1. The number of ether oxygens (including phenoxy) is 2. The molecule has 0 saturated heterocycles. The molecule has 10 heteroatoms. The summed E-state index contributed by atoms with van der Waals surface area (Å²) in [5, 5.41) is 7.98. The summed E-state index contributed by atoms with van der Waals surface area (Å²) in [6.45, 7) is -1.13. The number of nitrogens with zero attached hydrogens (tertiary/aromatic N) is 3. The average molecular weight is 396 g/mol. The number of thioether (sulfide) groups is 1. The Hall–Kier alpha value is -2.62. The zero-order valence-electron chi connectivity index (χ0n) is 14.9. The molecule has 144 valence electrons. The number of benzene rings is 1. The minimum atomic E-state index is -3.00. The van der Waals surface area contributed by atoms with Crippen LogP contribution in [0.15, 0.2) is 40.7 Å².